The first-order chi connectivity index (χ1) is 8.69. The Balaban J connectivity index is 1.97. The summed E-state index contributed by atoms with van der Waals surface area (Å²) in [5, 5.41) is 0. The average Bonchev–Trinajstić information content (AvgIpc) is 2.35. The van der Waals surface area contributed by atoms with Crippen molar-refractivity contribution in [1.82, 2.24) is 0 Å². The van der Waals surface area contributed by atoms with Gasteiger partial charge in [-0.05, 0) is 31.2 Å². The summed E-state index contributed by atoms with van der Waals surface area (Å²) in [5.74, 6) is 0.912. The van der Waals surface area contributed by atoms with Crippen LogP contribution in [0, 0.1) is 5.41 Å². The summed E-state index contributed by atoms with van der Waals surface area (Å²) in [6.07, 6.45) is 0. The highest BCUT2D eigenvalue weighted by Crippen LogP contribution is 2.29. The molecule has 2 rings (SSSR count). The lowest BCUT2D eigenvalue weighted by molar-refractivity contribution is -0.101. The predicted molar refractivity (Wildman–Crippen MR) is 73.2 cm³/mol. The fraction of sp³-hybridized carbons (Fsp3) is 0.571. The standard InChI is InChI=1S/C14H22N2O2/c1-3-18-13-6-4-12(5-7-13)16(2)9-14(8-15)10-17-11-14/h4-7H,3,8-11,15H2,1-2H3. The number of benzene rings is 1. The molecule has 0 spiro atoms. The van der Waals surface area contributed by atoms with Gasteiger partial charge in [-0.15, -0.1) is 0 Å². The van der Waals surface area contributed by atoms with Gasteiger partial charge in [-0.2, -0.15) is 0 Å². The maximum atomic E-state index is 5.83. The maximum Gasteiger partial charge on any atom is 0.119 e. The molecule has 0 aliphatic carbocycles. The highest BCUT2D eigenvalue weighted by atomic mass is 16.5. The summed E-state index contributed by atoms with van der Waals surface area (Å²) >= 11 is 0. The Labute approximate surface area is 109 Å². The summed E-state index contributed by atoms with van der Waals surface area (Å²) in [5.41, 5.74) is 7.14. The van der Waals surface area contributed by atoms with Gasteiger partial charge in [-0.3, -0.25) is 0 Å². The topological polar surface area (TPSA) is 47.7 Å². The predicted octanol–water partition coefficient (Wildman–Crippen LogP) is 1.50. The molecular weight excluding hydrogens is 228 g/mol. The van der Waals surface area contributed by atoms with E-state index in [1.54, 1.807) is 0 Å². The van der Waals surface area contributed by atoms with E-state index in [4.69, 9.17) is 15.2 Å². The van der Waals surface area contributed by atoms with Crippen LogP contribution in [0.15, 0.2) is 24.3 Å². The lowest BCUT2D eigenvalue weighted by atomic mass is 9.85. The van der Waals surface area contributed by atoms with E-state index in [1.165, 1.54) is 5.69 Å². The summed E-state index contributed by atoms with van der Waals surface area (Å²) in [4.78, 5) is 2.23. The Morgan fingerprint density at radius 2 is 2.00 bits per heavy atom. The third kappa shape index (κ3) is 2.76. The largest absolute Gasteiger partial charge is 0.494 e. The second-order valence-electron chi connectivity index (χ2n) is 4.98. The van der Waals surface area contributed by atoms with Crippen molar-refractivity contribution in [1.29, 1.82) is 0 Å². The Morgan fingerprint density at radius 1 is 1.33 bits per heavy atom. The van der Waals surface area contributed by atoms with Crippen LogP contribution in [0.25, 0.3) is 0 Å². The van der Waals surface area contributed by atoms with Crippen LogP contribution in [0.4, 0.5) is 5.69 Å². The van der Waals surface area contributed by atoms with Gasteiger partial charge in [-0.1, -0.05) is 0 Å². The third-order valence-corrected chi connectivity index (χ3v) is 3.41. The summed E-state index contributed by atoms with van der Waals surface area (Å²) in [6, 6.07) is 8.16. The monoisotopic (exact) mass is 250 g/mol. The number of hydrogen-bond acceptors (Lipinski definition) is 4. The summed E-state index contributed by atoms with van der Waals surface area (Å²) in [7, 11) is 2.09. The van der Waals surface area contributed by atoms with Crippen molar-refractivity contribution >= 4 is 5.69 Å². The zero-order valence-corrected chi connectivity index (χ0v) is 11.2. The molecule has 1 aliphatic heterocycles. The molecule has 0 bridgehead atoms. The molecule has 0 atom stereocenters. The van der Waals surface area contributed by atoms with Gasteiger partial charge in [0.2, 0.25) is 0 Å². The number of hydrogen-bond donors (Lipinski definition) is 1. The zero-order chi connectivity index (χ0) is 13.0. The normalized spacial score (nSPS) is 17.1. The van der Waals surface area contributed by atoms with Crippen LogP contribution in [0.1, 0.15) is 6.92 Å². The van der Waals surface area contributed by atoms with E-state index in [-0.39, 0.29) is 5.41 Å². The van der Waals surface area contributed by atoms with Crippen LogP contribution in [-0.2, 0) is 4.74 Å². The molecule has 0 saturated carbocycles. The van der Waals surface area contributed by atoms with Crippen LogP contribution >= 0.6 is 0 Å². The van der Waals surface area contributed by atoms with Gasteiger partial charge in [0.05, 0.1) is 19.8 Å². The van der Waals surface area contributed by atoms with Crippen molar-refractivity contribution in [3.8, 4) is 5.75 Å². The van der Waals surface area contributed by atoms with E-state index in [1.807, 2.05) is 19.1 Å². The van der Waals surface area contributed by atoms with Gasteiger partial charge in [0.25, 0.3) is 0 Å². The minimum absolute atomic E-state index is 0.132. The van der Waals surface area contributed by atoms with Gasteiger partial charge < -0.3 is 20.1 Å². The molecule has 4 nitrogen and oxygen atoms in total. The smallest absolute Gasteiger partial charge is 0.119 e. The van der Waals surface area contributed by atoms with Crippen molar-refractivity contribution < 1.29 is 9.47 Å². The van der Waals surface area contributed by atoms with Gasteiger partial charge >= 0.3 is 0 Å². The minimum atomic E-state index is 0.132. The molecule has 1 heterocycles. The molecule has 0 amide bonds. The number of anilines is 1. The molecule has 2 N–H and O–H groups in total. The lowest BCUT2D eigenvalue weighted by Gasteiger charge is -2.43. The van der Waals surface area contributed by atoms with Gasteiger partial charge in [0.1, 0.15) is 5.75 Å². The Morgan fingerprint density at radius 3 is 2.44 bits per heavy atom. The molecule has 1 fully saturated rings. The number of nitrogens with two attached hydrogens (primary N) is 1. The average molecular weight is 250 g/mol. The number of ether oxygens (including phenoxy) is 2. The van der Waals surface area contributed by atoms with Crippen LogP contribution in [0.3, 0.4) is 0 Å². The molecule has 1 aromatic rings. The summed E-state index contributed by atoms with van der Waals surface area (Å²) < 4.78 is 10.7. The van der Waals surface area contributed by atoms with Gasteiger partial charge in [0, 0.05) is 31.2 Å². The van der Waals surface area contributed by atoms with Crippen molar-refractivity contribution in [2.75, 3.05) is 44.9 Å². The first-order valence-electron chi connectivity index (χ1n) is 6.41. The molecule has 18 heavy (non-hydrogen) atoms. The van der Waals surface area contributed by atoms with Gasteiger partial charge in [0.15, 0.2) is 0 Å². The highest BCUT2D eigenvalue weighted by Gasteiger charge is 2.38. The zero-order valence-electron chi connectivity index (χ0n) is 11.2. The second-order valence-corrected chi connectivity index (χ2v) is 4.98. The van der Waals surface area contributed by atoms with E-state index in [0.29, 0.717) is 13.2 Å². The van der Waals surface area contributed by atoms with Crippen molar-refractivity contribution in [3.63, 3.8) is 0 Å². The lowest BCUT2D eigenvalue weighted by Crippen LogP contribution is -2.54. The van der Waals surface area contributed by atoms with E-state index >= 15 is 0 Å². The minimum Gasteiger partial charge on any atom is -0.494 e. The van der Waals surface area contributed by atoms with E-state index in [0.717, 1.165) is 25.5 Å². The fourth-order valence-electron chi connectivity index (χ4n) is 2.22. The molecule has 0 unspecified atom stereocenters. The Bertz CT molecular complexity index is 368. The first-order valence-corrected chi connectivity index (χ1v) is 6.41. The van der Waals surface area contributed by atoms with E-state index in [9.17, 15) is 0 Å². The Kier molecular flexibility index (Phi) is 4.09. The molecule has 1 aromatic carbocycles. The number of rotatable bonds is 6. The molecule has 1 aliphatic rings. The fourth-order valence-corrected chi connectivity index (χ4v) is 2.22. The molecule has 4 heteroatoms. The summed E-state index contributed by atoms with van der Waals surface area (Å²) in [6.45, 7) is 5.83. The van der Waals surface area contributed by atoms with Crippen molar-refractivity contribution in [3.05, 3.63) is 24.3 Å². The molecule has 0 aromatic heterocycles. The first kappa shape index (κ1) is 13.2. The van der Waals surface area contributed by atoms with Crippen molar-refractivity contribution in [2.45, 2.75) is 6.92 Å². The molecule has 0 radical (unpaired) electrons. The van der Waals surface area contributed by atoms with Crippen LogP contribution < -0.4 is 15.4 Å². The van der Waals surface area contributed by atoms with Crippen molar-refractivity contribution in [2.24, 2.45) is 11.1 Å². The number of nitrogens with zero attached hydrogens (tertiary/aromatic N) is 1. The van der Waals surface area contributed by atoms with Crippen LogP contribution in [0.2, 0.25) is 0 Å². The Hall–Kier alpha value is -1.26. The molecular formula is C14H22N2O2. The van der Waals surface area contributed by atoms with E-state index in [2.05, 4.69) is 24.1 Å². The van der Waals surface area contributed by atoms with E-state index < -0.39 is 0 Å². The third-order valence-electron chi connectivity index (χ3n) is 3.41. The van der Waals surface area contributed by atoms with Crippen LogP contribution in [0.5, 0.6) is 5.75 Å². The molecule has 1 saturated heterocycles. The van der Waals surface area contributed by atoms with Gasteiger partial charge in [-0.25, -0.2) is 0 Å². The maximum absolute atomic E-state index is 5.83. The quantitative estimate of drug-likeness (QED) is 0.831. The van der Waals surface area contributed by atoms with Crippen LogP contribution in [-0.4, -0.2) is 40.0 Å². The highest BCUT2D eigenvalue weighted by molar-refractivity contribution is 5.48. The second kappa shape index (κ2) is 5.59. The SMILES string of the molecule is CCOc1ccc(N(C)CC2(CN)COC2)cc1. The molecule has 100 valence electrons.